The number of hydrogen-bond acceptors (Lipinski definition) is 3. The minimum atomic E-state index is -0.266. The minimum absolute atomic E-state index is 0.0217. The van der Waals surface area contributed by atoms with Crippen molar-refractivity contribution in [3.8, 4) is 5.75 Å². The maximum Gasteiger partial charge on any atom is 0.142 e. The third-order valence-electron chi connectivity index (χ3n) is 2.77. The number of benzene rings is 1. The Morgan fingerprint density at radius 2 is 2.06 bits per heavy atom. The highest BCUT2D eigenvalue weighted by molar-refractivity contribution is 5.58. The second-order valence-corrected chi connectivity index (χ2v) is 5.04. The predicted molar refractivity (Wildman–Crippen MR) is 69.1 cm³/mol. The zero-order chi connectivity index (χ0) is 13.1. The van der Waals surface area contributed by atoms with Crippen LogP contribution in [0.4, 0.5) is 10.1 Å². The fourth-order valence-electron chi connectivity index (χ4n) is 1.75. The van der Waals surface area contributed by atoms with Crippen molar-refractivity contribution in [1.82, 2.24) is 0 Å². The highest BCUT2D eigenvalue weighted by Crippen LogP contribution is 2.30. The minimum Gasteiger partial charge on any atom is -0.495 e. The molecule has 0 radical (unpaired) electrons. The molecule has 1 aromatic carbocycles. The number of hydrogen-bond donors (Lipinski definition) is 1. The van der Waals surface area contributed by atoms with E-state index in [-0.39, 0.29) is 11.2 Å². The molecule has 0 aliphatic rings. The van der Waals surface area contributed by atoms with Crippen LogP contribution < -0.4 is 15.4 Å². The molecule has 0 heterocycles. The van der Waals surface area contributed by atoms with Gasteiger partial charge in [0.1, 0.15) is 11.6 Å². The van der Waals surface area contributed by atoms with Crippen LogP contribution in [0.1, 0.15) is 13.8 Å². The lowest BCUT2D eigenvalue weighted by Crippen LogP contribution is -2.36. The molecule has 0 spiro atoms. The number of anilines is 1. The van der Waals surface area contributed by atoms with Gasteiger partial charge in [0.15, 0.2) is 0 Å². The Morgan fingerprint density at radius 1 is 1.41 bits per heavy atom. The van der Waals surface area contributed by atoms with Crippen molar-refractivity contribution in [2.45, 2.75) is 13.8 Å². The molecule has 0 saturated carbocycles. The van der Waals surface area contributed by atoms with Crippen LogP contribution in [-0.4, -0.2) is 27.2 Å². The van der Waals surface area contributed by atoms with Crippen LogP contribution in [0, 0.1) is 11.2 Å². The Balaban J connectivity index is 2.95. The van der Waals surface area contributed by atoms with E-state index >= 15 is 0 Å². The lowest BCUT2D eigenvalue weighted by Gasteiger charge is -2.31. The summed E-state index contributed by atoms with van der Waals surface area (Å²) in [5.41, 5.74) is 6.42. The van der Waals surface area contributed by atoms with E-state index in [9.17, 15) is 4.39 Å². The molecule has 0 aliphatic heterocycles. The molecule has 0 saturated heterocycles. The van der Waals surface area contributed by atoms with Crippen LogP contribution in [0.3, 0.4) is 0 Å². The van der Waals surface area contributed by atoms with E-state index in [2.05, 4.69) is 13.8 Å². The van der Waals surface area contributed by atoms with Gasteiger partial charge in [-0.25, -0.2) is 4.39 Å². The van der Waals surface area contributed by atoms with E-state index in [1.54, 1.807) is 13.2 Å². The van der Waals surface area contributed by atoms with E-state index in [1.165, 1.54) is 12.1 Å². The van der Waals surface area contributed by atoms with Crippen molar-refractivity contribution in [1.29, 1.82) is 0 Å². The van der Waals surface area contributed by atoms with Gasteiger partial charge in [0.05, 0.1) is 12.8 Å². The Morgan fingerprint density at radius 3 is 2.59 bits per heavy atom. The molecule has 0 atom stereocenters. The summed E-state index contributed by atoms with van der Waals surface area (Å²) in [6, 6.07) is 4.51. The molecular formula is C13H21FN2O. The van der Waals surface area contributed by atoms with E-state index in [0.29, 0.717) is 12.3 Å². The largest absolute Gasteiger partial charge is 0.495 e. The summed E-state index contributed by atoms with van der Waals surface area (Å²) >= 11 is 0. The molecule has 0 aromatic heterocycles. The molecule has 0 aliphatic carbocycles. The van der Waals surface area contributed by atoms with Gasteiger partial charge in [-0.05, 0) is 24.1 Å². The van der Waals surface area contributed by atoms with E-state index < -0.39 is 0 Å². The summed E-state index contributed by atoms with van der Waals surface area (Å²) in [5, 5.41) is 0. The van der Waals surface area contributed by atoms with Crippen LogP contribution in [0.5, 0.6) is 5.75 Å². The van der Waals surface area contributed by atoms with E-state index in [4.69, 9.17) is 10.5 Å². The maximum atomic E-state index is 13.3. The lowest BCUT2D eigenvalue weighted by molar-refractivity contribution is 0.379. The number of rotatable bonds is 5. The number of nitrogens with two attached hydrogens (primary N) is 1. The molecule has 0 amide bonds. The number of nitrogens with zero attached hydrogens (tertiary/aromatic N) is 1. The molecule has 0 fully saturated rings. The Hall–Kier alpha value is -1.29. The Kier molecular flexibility index (Phi) is 4.34. The smallest absolute Gasteiger partial charge is 0.142 e. The van der Waals surface area contributed by atoms with Gasteiger partial charge < -0.3 is 15.4 Å². The van der Waals surface area contributed by atoms with Crippen molar-refractivity contribution in [2.75, 3.05) is 32.1 Å². The first-order valence-electron chi connectivity index (χ1n) is 5.64. The van der Waals surface area contributed by atoms with Crippen LogP contribution >= 0.6 is 0 Å². The average molecular weight is 240 g/mol. The molecular weight excluding hydrogens is 219 g/mol. The zero-order valence-corrected chi connectivity index (χ0v) is 11.0. The van der Waals surface area contributed by atoms with Crippen molar-refractivity contribution >= 4 is 5.69 Å². The van der Waals surface area contributed by atoms with Crippen LogP contribution in [0.2, 0.25) is 0 Å². The second kappa shape index (κ2) is 5.36. The third-order valence-corrected chi connectivity index (χ3v) is 2.77. The van der Waals surface area contributed by atoms with E-state index in [0.717, 1.165) is 12.2 Å². The summed E-state index contributed by atoms with van der Waals surface area (Å²) in [6.07, 6.45) is 0. The number of ether oxygens (including phenoxy) is 1. The number of methoxy groups -OCH3 is 1. The highest BCUT2D eigenvalue weighted by atomic mass is 19.1. The third kappa shape index (κ3) is 3.60. The normalized spacial score (nSPS) is 11.4. The molecule has 1 aromatic rings. The fourth-order valence-corrected chi connectivity index (χ4v) is 1.75. The Bertz CT molecular complexity index is 380. The van der Waals surface area contributed by atoms with E-state index in [1.807, 2.05) is 11.9 Å². The summed E-state index contributed by atoms with van der Waals surface area (Å²) in [7, 11) is 3.49. The molecule has 3 nitrogen and oxygen atoms in total. The first-order chi connectivity index (χ1) is 7.89. The van der Waals surface area contributed by atoms with Gasteiger partial charge in [0.2, 0.25) is 0 Å². The van der Waals surface area contributed by atoms with Crippen molar-refractivity contribution in [2.24, 2.45) is 11.1 Å². The summed E-state index contributed by atoms with van der Waals surface area (Å²) in [6.45, 7) is 5.48. The predicted octanol–water partition coefficient (Wildman–Crippen LogP) is 2.26. The van der Waals surface area contributed by atoms with Crippen LogP contribution in [0.25, 0.3) is 0 Å². The average Bonchev–Trinajstić information content (AvgIpc) is 2.28. The fraction of sp³-hybridized carbons (Fsp3) is 0.538. The molecule has 1 rings (SSSR count). The Labute approximate surface area is 102 Å². The van der Waals surface area contributed by atoms with Crippen molar-refractivity contribution in [3.05, 3.63) is 24.0 Å². The molecule has 2 N–H and O–H groups in total. The van der Waals surface area contributed by atoms with Gasteiger partial charge in [0, 0.05) is 19.7 Å². The standard InChI is InChI=1S/C13H21FN2O/c1-13(2,8-15)9-16(3)11-7-10(14)5-6-12(11)17-4/h5-7H,8-9,15H2,1-4H3. The SMILES string of the molecule is COc1ccc(F)cc1N(C)CC(C)(C)CN. The maximum absolute atomic E-state index is 13.3. The first-order valence-corrected chi connectivity index (χ1v) is 5.64. The molecule has 0 bridgehead atoms. The van der Waals surface area contributed by atoms with Crippen molar-refractivity contribution < 1.29 is 9.13 Å². The van der Waals surface area contributed by atoms with Crippen LogP contribution in [0.15, 0.2) is 18.2 Å². The van der Waals surface area contributed by atoms with Gasteiger partial charge in [-0.1, -0.05) is 13.8 Å². The summed E-state index contributed by atoms with van der Waals surface area (Å²) < 4.78 is 18.5. The molecule has 17 heavy (non-hydrogen) atoms. The second-order valence-electron chi connectivity index (χ2n) is 5.04. The van der Waals surface area contributed by atoms with Gasteiger partial charge >= 0.3 is 0 Å². The summed E-state index contributed by atoms with van der Waals surface area (Å²) in [5.74, 6) is 0.403. The summed E-state index contributed by atoms with van der Waals surface area (Å²) in [4.78, 5) is 1.97. The molecule has 0 unspecified atom stereocenters. The zero-order valence-electron chi connectivity index (χ0n) is 11.0. The quantitative estimate of drug-likeness (QED) is 0.858. The molecule has 96 valence electrons. The van der Waals surface area contributed by atoms with Gasteiger partial charge in [-0.3, -0.25) is 0 Å². The number of halogens is 1. The van der Waals surface area contributed by atoms with Crippen molar-refractivity contribution in [3.63, 3.8) is 0 Å². The monoisotopic (exact) mass is 240 g/mol. The highest BCUT2D eigenvalue weighted by Gasteiger charge is 2.20. The van der Waals surface area contributed by atoms with Gasteiger partial charge in [-0.15, -0.1) is 0 Å². The van der Waals surface area contributed by atoms with Gasteiger partial charge in [0.25, 0.3) is 0 Å². The van der Waals surface area contributed by atoms with Gasteiger partial charge in [-0.2, -0.15) is 0 Å². The molecule has 4 heteroatoms. The first kappa shape index (κ1) is 13.8. The topological polar surface area (TPSA) is 38.5 Å². The lowest BCUT2D eigenvalue weighted by atomic mass is 9.93. The van der Waals surface area contributed by atoms with Crippen LogP contribution in [-0.2, 0) is 0 Å².